The number of aryl methyl sites for hydroxylation is 1. The molecule has 2 heterocycles. The van der Waals surface area contributed by atoms with E-state index in [0.29, 0.717) is 12.1 Å². The monoisotopic (exact) mass is 342 g/mol. The van der Waals surface area contributed by atoms with E-state index in [9.17, 15) is 9.90 Å². The molecule has 1 aromatic heterocycles. The summed E-state index contributed by atoms with van der Waals surface area (Å²) in [6.07, 6.45) is 5.85. The standard InChI is InChI=1S/C19H26N4O2/c1-15-5-2-3-6-18(15)23-14-16(13-21-23)19(25)20-9-4-10-22-11-7-17(24)8-12-22/h2-3,5-6,13-14,17,24H,4,7-12H2,1H3,(H,20,25). The van der Waals surface area contributed by atoms with Gasteiger partial charge in [-0.1, -0.05) is 18.2 Å². The van der Waals surface area contributed by atoms with Gasteiger partial charge in [0.05, 0.1) is 23.6 Å². The van der Waals surface area contributed by atoms with E-state index in [0.717, 1.165) is 50.1 Å². The van der Waals surface area contributed by atoms with E-state index < -0.39 is 0 Å². The van der Waals surface area contributed by atoms with Gasteiger partial charge in [0.15, 0.2) is 0 Å². The first-order chi connectivity index (χ1) is 12.1. The number of hydrogen-bond acceptors (Lipinski definition) is 4. The van der Waals surface area contributed by atoms with E-state index in [-0.39, 0.29) is 12.0 Å². The lowest BCUT2D eigenvalue weighted by atomic mass is 10.1. The maximum absolute atomic E-state index is 12.3. The highest BCUT2D eigenvalue weighted by Gasteiger charge is 2.16. The Balaban J connectivity index is 1.45. The smallest absolute Gasteiger partial charge is 0.254 e. The summed E-state index contributed by atoms with van der Waals surface area (Å²) in [5.41, 5.74) is 2.67. The highest BCUT2D eigenvalue weighted by atomic mass is 16.3. The number of benzene rings is 1. The number of piperidine rings is 1. The van der Waals surface area contributed by atoms with Crippen molar-refractivity contribution in [1.82, 2.24) is 20.0 Å². The Labute approximate surface area is 148 Å². The van der Waals surface area contributed by atoms with Crippen LogP contribution in [0.2, 0.25) is 0 Å². The predicted octanol–water partition coefficient (Wildman–Crippen LogP) is 1.76. The number of carbonyl (C=O) groups is 1. The van der Waals surface area contributed by atoms with Crippen LogP contribution in [0, 0.1) is 6.92 Å². The Morgan fingerprint density at radius 3 is 2.84 bits per heavy atom. The van der Waals surface area contributed by atoms with Crippen LogP contribution in [-0.2, 0) is 0 Å². The van der Waals surface area contributed by atoms with Crippen molar-refractivity contribution in [2.24, 2.45) is 0 Å². The topological polar surface area (TPSA) is 70.4 Å². The Hall–Kier alpha value is -2.18. The average molecular weight is 342 g/mol. The first-order valence-electron chi connectivity index (χ1n) is 8.93. The third-order valence-electron chi connectivity index (χ3n) is 4.70. The second kappa shape index (κ2) is 8.27. The minimum Gasteiger partial charge on any atom is -0.393 e. The zero-order valence-electron chi connectivity index (χ0n) is 14.7. The number of carbonyl (C=O) groups excluding carboxylic acids is 1. The lowest BCUT2D eigenvalue weighted by Gasteiger charge is -2.29. The summed E-state index contributed by atoms with van der Waals surface area (Å²) in [5, 5.41) is 16.8. The van der Waals surface area contributed by atoms with Gasteiger partial charge in [-0.2, -0.15) is 5.10 Å². The van der Waals surface area contributed by atoms with Crippen LogP contribution in [-0.4, -0.2) is 58.0 Å². The second-order valence-electron chi connectivity index (χ2n) is 6.64. The molecule has 0 aliphatic carbocycles. The van der Waals surface area contributed by atoms with Gasteiger partial charge in [0.1, 0.15) is 0 Å². The summed E-state index contributed by atoms with van der Waals surface area (Å²) in [6, 6.07) is 7.96. The molecule has 0 spiro atoms. The lowest BCUT2D eigenvalue weighted by molar-refractivity contribution is 0.0816. The number of aromatic nitrogens is 2. The normalized spacial score (nSPS) is 16.1. The minimum atomic E-state index is -0.138. The number of hydrogen-bond donors (Lipinski definition) is 2. The molecule has 1 aliphatic rings. The number of nitrogens with zero attached hydrogens (tertiary/aromatic N) is 3. The maximum Gasteiger partial charge on any atom is 0.254 e. The van der Waals surface area contributed by atoms with Gasteiger partial charge in [0, 0.05) is 25.8 Å². The van der Waals surface area contributed by atoms with E-state index in [4.69, 9.17) is 0 Å². The molecule has 2 aromatic rings. The van der Waals surface area contributed by atoms with Crippen molar-refractivity contribution >= 4 is 5.91 Å². The van der Waals surface area contributed by atoms with Gasteiger partial charge in [0.25, 0.3) is 5.91 Å². The highest BCUT2D eigenvalue weighted by molar-refractivity contribution is 5.93. The van der Waals surface area contributed by atoms with Crippen molar-refractivity contribution in [3.63, 3.8) is 0 Å². The van der Waals surface area contributed by atoms with E-state index in [1.165, 1.54) is 0 Å². The fraction of sp³-hybridized carbons (Fsp3) is 0.474. The molecule has 6 heteroatoms. The van der Waals surface area contributed by atoms with Crippen LogP contribution in [0.4, 0.5) is 0 Å². The molecule has 25 heavy (non-hydrogen) atoms. The Morgan fingerprint density at radius 1 is 1.32 bits per heavy atom. The molecule has 1 aliphatic heterocycles. The largest absolute Gasteiger partial charge is 0.393 e. The molecule has 1 fully saturated rings. The zero-order valence-corrected chi connectivity index (χ0v) is 14.7. The van der Waals surface area contributed by atoms with Crippen LogP contribution in [0.25, 0.3) is 5.69 Å². The quantitative estimate of drug-likeness (QED) is 0.785. The number of rotatable bonds is 6. The predicted molar refractivity (Wildman–Crippen MR) is 96.9 cm³/mol. The molecule has 0 saturated carbocycles. The number of nitrogens with one attached hydrogen (secondary N) is 1. The summed E-state index contributed by atoms with van der Waals surface area (Å²) in [7, 11) is 0. The van der Waals surface area contributed by atoms with Gasteiger partial charge in [0.2, 0.25) is 0 Å². The third-order valence-corrected chi connectivity index (χ3v) is 4.70. The van der Waals surface area contributed by atoms with Gasteiger partial charge in [-0.25, -0.2) is 4.68 Å². The van der Waals surface area contributed by atoms with Gasteiger partial charge in [-0.3, -0.25) is 4.79 Å². The second-order valence-corrected chi connectivity index (χ2v) is 6.64. The molecule has 134 valence electrons. The molecule has 6 nitrogen and oxygen atoms in total. The van der Waals surface area contributed by atoms with Crippen molar-refractivity contribution in [3.05, 3.63) is 47.8 Å². The Kier molecular flexibility index (Phi) is 5.83. The summed E-state index contributed by atoms with van der Waals surface area (Å²) in [5.74, 6) is -0.0890. The van der Waals surface area contributed by atoms with Crippen LogP contribution in [0.1, 0.15) is 35.2 Å². The fourth-order valence-corrected chi connectivity index (χ4v) is 3.14. The molecule has 0 bridgehead atoms. The molecule has 0 radical (unpaired) electrons. The van der Waals surface area contributed by atoms with Crippen LogP contribution < -0.4 is 5.32 Å². The van der Waals surface area contributed by atoms with E-state index >= 15 is 0 Å². The molecular weight excluding hydrogens is 316 g/mol. The minimum absolute atomic E-state index is 0.0890. The van der Waals surface area contributed by atoms with Crippen LogP contribution in [0.15, 0.2) is 36.7 Å². The van der Waals surface area contributed by atoms with Crippen LogP contribution >= 0.6 is 0 Å². The molecule has 0 atom stereocenters. The summed E-state index contributed by atoms with van der Waals surface area (Å²) in [4.78, 5) is 14.6. The van der Waals surface area contributed by atoms with Crippen molar-refractivity contribution < 1.29 is 9.90 Å². The first-order valence-corrected chi connectivity index (χ1v) is 8.93. The van der Waals surface area contributed by atoms with Gasteiger partial charge in [-0.15, -0.1) is 0 Å². The molecule has 3 rings (SSSR count). The fourth-order valence-electron chi connectivity index (χ4n) is 3.14. The highest BCUT2D eigenvalue weighted by Crippen LogP contribution is 2.13. The van der Waals surface area contributed by atoms with E-state index in [2.05, 4.69) is 15.3 Å². The van der Waals surface area contributed by atoms with E-state index in [1.807, 2.05) is 31.2 Å². The third kappa shape index (κ3) is 4.67. The SMILES string of the molecule is Cc1ccccc1-n1cc(C(=O)NCCCN2CCC(O)CC2)cn1. The number of likely N-dealkylation sites (tertiary alicyclic amines) is 1. The van der Waals surface area contributed by atoms with Crippen LogP contribution in [0.5, 0.6) is 0 Å². The van der Waals surface area contributed by atoms with Crippen molar-refractivity contribution in [3.8, 4) is 5.69 Å². The molecule has 0 unspecified atom stereocenters. The van der Waals surface area contributed by atoms with Gasteiger partial charge < -0.3 is 15.3 Å². The van der Waals surface area contributed by atoms with Gasteiger partial charge >= 0.3 is 0 Å². The molecule has 1 saturated heterocycles. The van der Waals surface area contributed by atoms with Crippen molar-refractivity contribution in [1.29, 1.82) is 0 Å². The summed E-state index contributed by atoms with van der Waals surface area (Å²) in [6.45, 7) is 5.51. The van der Waals surface area contributed by atoms with E-state index in [1.54, 1.807) is 17.1 Å². The Morgan fingerprint density at radius 2 is 2.08 bits per heavy atom. The molecule has 1 aromatic carbocycles. The van der Waals surface area contributed by atoms with Crippen molar-refractivity contribution in [2.45, 2.75) is 32.3 Å². The molecule has 2 N–H and O–H groups in total. The zero-order chi connectivity index (χ0) is 17.6. The lowest BCUT2D eigenvalue weighted by Crippen LogP contribution is -2.37. The van der Waals surface area contributed by atoms with Gasteiger partial charge in [-0.05, 0) is 44.4 Å². The number of aliphatic hydroxyl groups is 1. The summed E-state index contributed by atoms with van der Waals surface area (Å²) < 4.78 is 1.74. The molecular formula is C19H26N4O2. The molecule has 1 amide bonds. The van der Waals surface area contributed by atoms with Crippen LogP contribution in [0.3, 0.4) is 0 Å². The average Bonchev–Trinajstić information content (AvgIpc) is 3.10. The maximum atomic E-state index is 12.3. The number of amides is 1. The number of para-hydroxylation sites is 1. The summed E-state index contributed by atoms with van der Waals surface area (Å²) >= 11 is 0. The van der Waals surface area contributed by atoms with Crippen molar-refractivity contribution in [2.75, 3.05) is 26.2 Å². The first kappa shape index (κ1) is 17.6. The number of aliphatic hydroxyl groups excluding tert-OH is 1. The Bertz CT molecular complexity index is 705.